The summed E-state index contributed by atoms with van der Waals surface area (Å²) in [7, 11) is 1.67. The number of para-hydroxylation sites is 4. The number of aryl methyl sites for hydroxylation is 2. The van der Waals surface area contributed by atoms with Gasteiger partial charge in [-0.2, -0.15) is 0 Å². The standard InChI is InChI=1S/C30H28N4O3S.ClH/c1-36-26-12-6-4-10-24(26)33-29-20-8-2-3-9-22(20)32-23-15-14-19(18-21(23)29)31-28(35)16-17-34-25-11-5-7-13-27(25)37-30(34)38;/h4-7,10-15,18H,2-3,8-9,16-17H2,1H3,(H,31,35)(H,32,33);1H. The molecule has 1 amide bonds. The molecule has 1 aliphatic rings. The Hall–Kier alpha value is -3.88. The zero-order valence-corrected chi connectivity index (χ0v) is 23.2. The maximum atomic E-state index is 12.9. The summed E-state index contributed by atoms with van der Waals surface area (Å²) in [5.74, 6) is 0.679. The zero-order valence-electron chi connectivity index (χ0n) is 21.5. The number of hydrogen-bond acceptors (Lipinski definition) is 6. The van der Waals surface area contributed by atoms with Crippen LogP contribution in [0.3, 0.4) is 0 Å². The number of carbonyl (C=O) groups excluding carboxylic acids is 1. The average molecular weight is 561 g/mol. The molecule has 2 aromatic heterocycles. The molecule has 3 aromatic carbocycles. The van der Waals surface area contributed by atoms with Gasteiger partial charge in [0.2, 0.25) is 5.91 Å². The molecule has 9 heteroatoms. The number of halogens is 1. The summed E-state index contributed by atoms with van der Waals surface area (Å²) < 4.78 is 13.1. The molecule has 0 spiro atoms. The number of rotatable bonds is 7. The Labute approximate surface area is 237 Å². The number of ether oxygens (including phenoxy) is 1. The number of oxazole rings is 1. The van der Waals surface area contributed by atoms with E-state index in [2.05, 4.69) is 10.6 Å². The van der Waals surface area contributed by atoms with Crippen LogP contribution in [0.15, 0.2) is 71.1 Å². The van der Waals surface area contributed by atoms with Crippen LogP contribution in [0.4, 0.5) is 17.1 Å². The highest BCUT2D eigenvalue weighted by Crippen LogP contribution is 2.38. The van der Waals surface area contributed by atoms with E-state index in [1.54, 1.807) is 7.11 Å². The van der Waals surface area contributed by atoms with Crippen molar-refractivity contribution in [2.45, 2.75) is 38.6 Å². The van der Waals surface area contributed by atoms with Crippen molar-refractivity contribution in [1.82, 2.24) is 9.55 Å². The van der Waals surface area contributed by atoms with Crippen molar-refractivity contribution in [3.8, 4) is 5.75 Å². The van der Waals surface area contributed by atoms with Crippen LogP contribution in [0, 0.1) is 4.84 Å². The van der Waals surface area contributed by atoms with Crippen molar-refractivity contribution in [3.05, 3.63) is 82.8 Å². The molecule has 0 unspecified atom stereocenters. The molecule has 0 saturated heterocycles. The largest absolute Gasteiger partial charge is 0.495 e. The molecular weight excluding hydrogens is 532 g/mol. The molecule has 6 rings (SSSR count). The van der Waals surface area contributed by atoms with Crippen LogP contribution in [0.1, 0.15) is 30.5 Å². The van der Waals surface area contributed by atoms with E-state index in [1.165, 1.54) is 5.56 Å². The van der Waals surface area contributed by atoms with Crippen LogP contribution in [-0.4, -0.2) is 22.6 Å². The minimum absolute atomic E-state index is 0. The number of carbonyl (C=O) groups is 1. The molecule has 0 radical (unpaired) electrons. The zero-order chi connectivity index (χ0) is 26.1. The summed E-state index contributed by atoms with van der Waals surface area (Å²) in [6.07, 6.45) is 4.47. The van der Waals surface area contributed by atoms with Gasteiger partial charge in [-0.05, 0) is 85.9 Å². The lowest BCUT2D eigenvalue weighted by Crippen LogP contribution is -2.15. The summed E-state index contributed by atoms with van der Waals surface area (Å²) in [6, 6.07) is 21.4. The first-order valence-corrected chi connectivity index (χ1v) is 13.3. The predicted molar refractivity (Wildman–Crippen MR) is 160 cm³/mol. The summed E-state index contributed by atoms with van der Waals surface area (Å²) in [4.78, 5) is 18.3. The first-order valence-electron chi connectivity index (χ1n) is 12.8. The van der Waals surface area contributed by atoms with E-state index in [0.29, 0.717) is 11.4 Å². The van der Waals surface area contributed by atoms with Crippen LogP contribution in [-0.2, 0) is 24.2 Å². The second-order valence-corrected chi connectivity index (χ2v) is 9.81. The number of methoxy groups -OCH3 is 1. The minimum Gasteiger partial charge on any atom is -0.495 e. The number of nitrogens with one attached hydrogen (secondary N) is 2. The van der Waals surface area contributed by atoms with Crippen molar-refractivity contribution in [1.29, 1.82) is 0 Å². The predicted octanol–water partition coefficient (Wildman–Crippen LogP) is 7.59. The molecule has 2 N–H and O–H groups in total. The van der Waals surface area contributed by atoms with Crippen molar-refractivity contribution >= 4 is 69.6 Å². The van der Waals surface area contributed by atoms with Gasteiger partial charge in [-0.3, -0.25) is 14.3 Å². The molecule has 0 saturated carbocycles. The Kier molecular flexibility index (Phi) is 7.86. The highest BCUT2D eigenvalue weighted by Gasteiger charge is 2.20. The number of anilines is 3. The molecule has 200 valence electrons. The number of benzene rings is 3. The molecule has 39 heavy (non-hydrogen) atoms. The lowest BCUT2D eigenvalue weighted by molar-refractivity contribution is -0.116. The highest BCUT2D eigenvalue weighted by molar-refractivity contribution is 7.71. The van der Waals surface area contributed by atoms with E-state index in [1.807, 2.05) is 71.3 Å². The van der Waals surface area contributed by atoms with E-state index in [0.717, 1.165) is 76.2 Å². The lowest BCUT2D eigenvalue weighted by atomic mass is 9.92. The maximum absolute atomic E-state index is 12.9. The van der Waals surface area contributed by atoms with Gasteiger partial charge in [-0.25, -0.2) is 0 Å². The molecule has 2 heterocycles. The van der Waals surface area contributed by atoms with Crippen molar-refractivity contribution in [2.75, 3.05) is 17.7 Å². The fourth-order valence-corrected chi connectivity index (χ4v) is 5.47. The minimum atomic E-state index is -0.0957. The highest BCUT2D eigenvalue weighted by atomic mass is 35.5. The Balaban J connectivity index is 0.00000308. The number of fused-ring (bicyclic) bond motifs is 3. The Morgan fingerprint density at radius 3 is 2.74 bits per heavy atom. The van der Waals surface area contributed by atoms with Crippen LogP contribution in [0.25, 0.3) is 22.0 Å². The van der Waals surface area contributed by atoms with Crippen molar-refractivity contribution in [2.24, 2.45) is 0 Å². The Morgan fingerprint density at radius 1 is 1.08 bits per heavy atom. The van der Waals surface area contributed by atoms with Crippen LogP contribution >= 0.6 is 24.6 Å². The summed E-state index contributed by atoms with van der Waals surface area (Å²) in [6.45, 7) is 0.435. The van der Waals surface area contributed by atoms with E-state index >= 15 is 0 Å². The van der Waals surface area contributed by atoms with E-state index in [-0.39, 0.29) is 24.7 Å². The third-order valence-electron chi connectivity index (χ3n) is 7.05. The first kappa shape index (κ1) is 26.7. The monoisotopic (exact) mass is 560 g/mol. The summed E-state index contributed by atoms with van der Waals surface area (Å²) >= 11 is 5.36. The molecular formula is C30H29ClN4O3S. The Bertz CT molecular complexity index is 1730. The van der Waals surface area contributed by atoms with E-state index in [4.69, 9.17) is 26.4 Å². The van der Waals surface area contributed by atoms with Crippen LogP contribution in [0.2, 0.25) is 0 Å². The molecule has 5 aromatic rings. The number of amides is 1. The normalized spacial score (nSPS) is 12.5. The third-order valence-corrected chi connectivity index (χ3v) is 7.35. The van der Waals surface area contributed by atoms with Crippen LogP contribution in [0.5, 0.6) is 5.75 Å². The summed E-state index contributed by atoms with van der Waals surface area (Å²) in [5, 5.41) is 7.67. The molecule has 0 fully saturated rings. The van der Waals surface area contributed by atoms with Gasteiger partial charge in [0.1, 0.15) is 5.75 Å². The SMILES string of the molecule is COc1ccccc1Nc1c2c(nc3ccc(NC(=O)CCn4c(=S)oc5ccccc54)cc13)CCCC2.Cl. The quantitative estimate of drug-likeness (QED) is 0.200. The smallest absolute Gasteiger partial charge is 0.269 e. The van der Waals surface area contributed by atoms with Gasteiger partial charge in [-0.15, -0.1) is 12.4 Å². The maximum Gasteiger partial charge on any atom is 0.269 e. The molecule has 7 nitrogen and oxygen atoms in total. The van der Waals surface area contributed by atoms with Gasteiger partial charge in [-0.1, -0.05) is 24.3 Å². The number of pyridine rings is 1. The van der Waals surface area contributed by atoms with Gasteiger partial charge in [0.05, 0.1) is 29.5 Å². The van der Waals surface area contributed by atoms with E-state index in [9.17, 15) is 4.79 Å². The first-order chi connectivity index (χ1) is 18.6. The van der Waals surface area contributed by atoms with Crippen molar-refractivity contribution in [3.63, 3.8) is 0 Å². The lowest BCUT2D eigenvalue weighted by Gasteiger charge is -2.23. The number of aromatic nitrogens is 2. The third kappa shape index (κ3) is 5.35. The van der Waals surface area contributed by atoms with Crippen molar-refractivity contribution < 1.29 is 13.9 Å². The average Bonchev–Trinajstić information content (AvgIpc) is 3.27. The fourth-order valence-electron chi connectivity index (χ4n) is 5.19. The molecule has 1 aliphatic carbocycles. The Morgan fingerprint density at radius 2 is 1.87 bits per heavy atom. The molecule has 0 aliphatic heterocycles. The number of nitrogens with zero attached hydrogens (tertiary/aromatic N) is 2. The number of hydrogen-bond donors (Lipinski definition) is 2. The van der Waals surface area contributed by atoms with E-state index < -0.39 is 0 Å². The van der Waals surface area contributed by atoms with Crippen LogP contribution < -0.4 is 15.4 Å². The second-order valence-electron chi connectivity index (χ2n) is 9.46. The van der Waals surface area contributed by atoms with Gasteiger partial charge in [0.25, 0.3) is 4.84 Å². The van der Waals surface area contributed by atoms with Gasteiger partial charge < -0.3 is 19.8 Å². The van der Waals surface area contributed by atoms with Gasteiger partial charge >= 0.3 is 0 Å². The van der Waals surface area contributed by atoms with Gasteiger partial charge in [0.15, 0.2) is 5.58 Å². The topological polar surface area (TPSA) is 81.3 Å². The summed E-state index contributed by atoms with van der Waals surface area (Å²) in [5.41, 5.74) is 7.54. The van der Waals surface area contributed by atoms with Gasteiger partial charge in [0, 0.05) is 29.7 Å². The second kappa shape index (κ2) is 11.5. The molecule has 0 atom stereocenters. The molecule has 0 bridgehead atoms. The fraction of sp³-hybridized carbons (Fsp3) is 0.233.